The second-order valence-corrected chi connectivity index (χ2v) is 6.36. The zero-order valence-electron chi connectivity index (χ0n) is 10.0. The Morgan fingerprint density at radius 1 is 1.30 bits per heavy atom. The minimum Gasteiger partial charge on any atom is -0.305 e. The second-order valence-electron chi connectivity index (χ2n) is 4.00. The Labute approximate surface area is 117 Å². The highest BCUT2D eigenvalue weighted by Crippen LogP contribution is 2.27. The summed E-state index contributed by atoms with van der Waals surface area (Å²) < 4.78 is 36.6. The molecule has 20 heavy (non-hydrogen) atoms. The molecule has 6 nitrogen and oxygen atoms in total. The number of carbonyl (C=O) groups excluding carboxylic acids is 1. The summed E-state index contributed by atoms with van der Waals surface area (Å²) in [6.07, 6.45) is 1.93. The molecule has 0 aliphatic heterocycles. The first-order valence-corrected chi connectivity index (χ1v) is 7.49. The monoisotopic (exact) mass is 318 g/mol. The van der Waals surface area contributed by atoms with Gasteiger partial charge in [-0.05, 0) is 12.1 Å². The van der Waals surface area contributed by atoms with E-state index in [-0.39, 0.29) is 11.1 Å². The van der Waals surface area contributed by atoms with Crippen molar-refractivity contribution in [1.29, 1.82) is 0 Å². The molecule has 2 rings (SSSR count). The number of nitrogens with one attached hydrogen (secondary N) is 2. The van der Waals surface area contributed by atoms with Crippen LogP contribution >= 0.6 is 11.6 Å². The summed E-state index contributed by atoms with van der Waals surface area (Å²) in [6.45, 7) is 0. The molecule has 1 aromatic heterocycles. The van der Waals surface area contributed by atoms with E-state index in [1.165, 1.54) is 0 Å². The van der Waals surface area contributed by atoms with E-state index < -0.39 is 36.9 Å². The molecule has 2 aromatic rings. The third-order valence-corrected chi connectivity index (χ3v) is 4.07. The molecule has 0 atom stereocenters. The first-order chi connectivity index (χ1) is 9.23. The van der Waals surface area contributed by atoms with Crippen LogP contribution in [0.3, 0.4) is 0 Å². The van der Waals surface area contributed by atoms with Crippen LogP contribution in [0.4, 0.5) is 4.39 Å². The van der Waals surface area contributed by atoms with Crippen molar-refractivity contribution >= 4 is 27.2 Å². The van der Waals surface area contributed by atoms with Gasteiger partial charge in [-0.15, -0.1) is 0 Å². The smallest absolute Gasteiger partial charge is 0.275 e. The number of hydrogen-bond acceptors (Lipinski definition) is 4. The molecule has 0 unspecified atom stereocenters. The lowest BCUT2D eigenvalue weighted by atomic mass is 10.1. The standard InChI is InChI=1S/C11H8ClFN2O4S/c1-20(18,19)7-3-2-5(8(12)9(7)13)10(16)6-4-14-15-11(6)17/h2-4H,1H3,(H2,14,15,17). The van der Waals surface area contributed by atoms with Crippen LogP contribution in [0.1, 0.15) is 15.9 Å². The van der Waals surface area contributed by atoms with Crippen molar-refractivity contribution in [2.45, 2.75) is 4.90 Å². The van der Waals surface area contributed by atoms with Crippen molar-refractivity contribution in [2.24, 2.45) is 0 Å². The van der Waals surface area contributed by atoms with Crippen molar-refractivity contribution in [3.05, 3.63) is 50.7 Å². The molecule has 0 fully saturated rings. The number of carbonyl (C=O) groups is 1. The predicted molar refractivity (Wildman–Crippen MR) is 69.4 cm³/mol. The Balaban J connectivity index is 2.62. The van der Waals surface area contributed by atoms with Crippen LogP contribution < -0.4 is 5.56 Å². The van der Waals surface area contributed by atoms with E-state index in [0.717, 1.165) is 24.6 Å². The Bertz CT molecular complexity index is 854. The third-order valence-electron chi connectivity index (χ3n) is 2.58. The van der Waals surface area contributed by atoms with E-state index in [1.807, 2.05) is 0 Å². The van der Waals surface area contributed by atoms with Crippen molar-refractivity contribution < 1.29 is 17.6 Å². The topological polar surface area (TPSA) is 99.9 Å². The summed E-state index contributed by atoms with van der Waals surface area (Å²) in [6, 6.07) is 2.00. The zero-order chi connectivity index (χ0) is 15.1. The van der Waals surface area contributed by atoms with Gasteiger partial charge in [0, 0.05) is 18.0 Å². The van der Waals surface area contributed by atoms with E-state index in [2.05, 4.69) is 10.2 Å². The highest BCUT2D eigenvalue weighted by Gasteiger charge is 2.24. The fourth-order valence-electron chi connectivity index (χ4n) is 1.61. The molecular formula is C11H8ClFN2O4S. The molecule has 0 saturated carbocycles. The van der Waals surface area contributed by atoms with E-state index in [0.29, 0.717) is 0 Å². The van der Waals surface area contributed by atoms with Crippen LogP contribution in [0.2, 0.25) is 5.02 Å². The van der Waals surface area contributed by atoms with E-state index >= 15 is 0 Å². The van der Waals surface area contributed by atoms with Gasteiger partial charge in [-0.25, -0.2) is 12.8 Å². The van der Waals surface area contributed by atoms with Gasteiger partial charge in [0.05, 0.1) is 5.02 Å². The Hall–Kier alpha value is -1.93. The quantitative estimate of drug-likeness (QED) is 0.828. The second kappa shape index (κ2) is 4.88. The SMILES string of the molecule is CS(=O)(=O)c1ccc(C(=O)c2c[nH][nH]c2=O)c(Cl)c1F. The molecule has 0 amide bonds. The molecule has 1 heterocycles. The van der Waals surface area contributed by atoms with Crippen molar-refractivity contribution in [2.75, 3.05) is 6.26 Å². The minimum atomic E-state index is -3.81. The van der Waals surface area contributed by atoms with E-state index in [1.54, 1.807) is 0 Å². The maximum atomic E-state index is 13.9. The number of ketones is 1. The van der Waals surface area contributed by atoms with Gasteiger partial charge >= 0.3 is 0 Å². The summed E-state index contributed by atoms with van der Waals surface area (Å²) in [4.78, 5) is 22.7. The average molecular weight is 319 g/mol. The number of rotatable bonds is 3. The van der Waals surface area contributed by atoms with Crippen molar-refractivity contribution in [3.63, 3.8) is 0 Å². The van der Waals surface area contributed by atoms with Crippen LogP contribution in [0.25, 0.3) is 0 Å². The van der Waals surface area contributed by atoms with Crippen molar-refractivity contribution in [3.8, 4) is 0 Å². The number of aromatic amines is 2. The molecule has 106 valence electrons. The molecule has 2 N–H and O–H groups in total. The molecule has 0 aliphatic carbocycles. The summed E-state index contributed by atoms with van der Waals surface area (Å²) >= 11 is 5.69. The first kappa shape index (κ1) is 14.5. The van der Waals surface area contributed by atoms with E-state index in [4.69, 9.17) is 11.6 Å². The highest BCUT2D eigenvalue weighted by atomic mass is 35.5. The molecular weight excluding hydrogens is 311 g/mol. The van der Waals surface area contributed by atoms with Gasteiger partial charge in [0.2, 0.25) is 5.78 Å². The maximum Gasteiger partial charge on any atom is 0.275 e. The van der Waals surface area contributed by atoms with Crippen LogP contribution in [-0.4, -0.2) is 30.7 Å². The third kappa shape index (κ3) is 2.39. The molecule has 0 radical (unpaired) electrons. The lowest BCUT2D eigenvalue weighted by molar-refractivity contribution is 0.103. The Kier molecular flexibility index (Phi) is 3.53. The summed E-state index contributed by atoms with van der Waals surface area (Å²) in [5, 5.41) is 3.84. The number of benzene rings is 1. The lowest BCUT2D eigenvalue weighted by Gasteiger charge is -2.06. The molecule has 0 aliphatic rings. The van der Waals surface area contributed by atoms with Gasteiger partial charge < -0.3 is 5.10 Å². The van der Waals surface area contributed by atoms with Gasteiger partial charge in [0.15, 0.2) is 15.7 Å². The first-order valence-electron chi connectivity index (χ1n) is 5.22. The molecule has 0 bridgehead atoms. The van der Waals surface area contributed by atoms with Gasteiger partial charge in [0.1, 0.15) is 10.5 Å². The molecule has 0 saturated heterocycles. The highest BCUT2D eigenvalue weighted by molar-refractivity contribution is 7.90. The van der Waals surface area contributed by atoms with E-state index in [9.17, 15) is 22.4 Å². The number of H-pyrrole nitrogens is 2. The van der Waals surface area contributed by atoms with Gasteiger partial charge in [-0.1, -0.05) is 11.6 Å². The fourth-order valence-corrected chi connectivity index (χ4v) is 2.66. The van der Waals surface area contributed by atoms with Crippen LogP contribution in [0, 0.1) is 5.82 Å². The molecule has 0 spiro atoms. The fraction of sp³-hybridized carbons (Fsp3) is 0.0909. The van der Waals surface area contributed by atoms with Crippen LogP contribution in [0.5, 0.6) is 0 Å². The largest absolute Gasteiger partial charge is 0.305 e. The van der Waals surface area contributed by atoms with Gasteiger partial charge in [-0.2, -0.15) is 0 Å². The lowest BCUT2D eigenvalue weighted by Crippen LogP contribution is -2.14. The van der Waals surface area contributed by atoms with Gasteiger partial charge in [-0.3, -0.25) is 14.7 Å². The normalized spacial score (nSPS) is 11.6. The van der Waals surface area contributed by atoms with Crippen LogP contribution in [0.15, 0.2) is 28.0 Å². The molecule has 1 aromatic carbocycles. The summed E-state index contributed by atoms with van der Waals surface area (Å²) in [5.41, 5.74) is -1.22. The Morgan fingerprint density at radius 3 is 2.45 bits per heavy atom. The summed E-state index contributed by atoms with van der Waals surface area (Å²) in [5.74, 6) is -2.02. The average Bonchev–Trinajstić information content (AvgIpc) is 2.76. The predicted octanol–water partition coefficient (Wildman–Crippen LogP) is 1.13. The van der Waals surface area contributed by atoms with Crippen LogP contribution in [-0.2, 0) is 9.84 Å². The number of sulfone groups is 1. The zero-order valence-corrected chi connectivity index (χ0v) is 11.6. The maximum absolute atomic E-state index is 13.9. The molecule has 9 heteroatoms. The number of hydrogen-bond donors (Lipinski definition) is 2. The number of halogens is 2. The van der Waals surface area contributed by atoms with Gasteiger partial charge in [0.25, 0.3) is 5.56 Å². The Morgan fingerprint density at radius 2 is 1.95 bits per heavy atom. The number of aromatic nitrogens is 2. The summed E-state index contributed by atoms with van der Waals surface area (Å²) in [7, 11) is -3.81. The minimum absolute atomic E-state index is 0.251. The van der Waals surface area contributed by atoms with Crippen molar-refractivity contribution in [1.82, 2.24) is 10.2 Å².